The summed E-state index contributed by atoms with van der Waals surface area (Å²) in [4.78, 5) is 2.31. The number of benzene rings is 1. The molecule has 1 fully saturated rings. The van der Waals surface area contributed by atoms with Gasteiger partial charge in [-0.15, -0.1) is 0 Å². The Morgan fingerprint density at radius 3 is 3.00 bits per heavy atom. The Morgan fingerprint density at radius 1 is 1.53 bits per heavy atom. The molecule has 0 bridgehead atoms. The SMILES string of the molecule is CNCC1CCN(C)C1c1cc(F)ccc1Br. The van der Waals surface area contributed by atoms with Gasteiger partial charge in [-0.05, 0) is 63.3 Å². The Balaban J connectivity index is 2.32. The lowest BCUT2D eigenvalue weighted by Gasteiger charge is -2.26. The number of hydrogen-bond donors (Lipinski definition) is 1. The molecule has 2 atom stereocenters. The molecule has 1 aromatic rings. The average Bonchev–Trinajstić information content (AvgIpc) is 2.64. The highest BCUT2D eigenvalue weighted by molar-refractivity contribution is 9.10. The second kappa shape index (κ2) is 5.46. The predicted octanol–water partition coefficient (Wildman–Crippen LogP) is 2.80. The minimum absolute atomic E-state index is 0.160. The molecule has 1 saturated heterocycles. The molecule has 2 unspecified atom stereocenters. The van der Waals surface area contributed by atoms with Crippen molar-refractivity contribution in [2.75, 3.05) is 27.2 Å². The van der Waals surface area contributed by atoms with E-state index in [4.69, 9.17) is 0 Å². The standard InChI is InChI=1S/C13H18BrFN2/c1-16-8-9-5-6-17(2)13(9)11-7-10(15)3-4-12(11)14/h3-4,7,9,13,16H,5-6,8H2,1-2H3. The van der Waals surface area contributed by atoms with Crippen molar-refractivity contribution in [3.8, 4) is 0 Å². The van der Waals surface area contributed by atoms with Gasteiger partial charge in [0.25, 0.3) is 0 Å². The van der Waals surface area contributed by atoms with Gasteiger partial charge in [-0.1, -0.05) is 15.9 Å². The van der Waals surface area contributed by atoms with Crippen molar-refractivity contribution in [1.29, 1.82) is 0 Å². The molecule has 1 N–H and O–H groups in total. The monoisotopic (exact) mass is 300 g/mol. The molecule has 2 rings (SSSR count). The molecule has 1 aromatic carbocycles. The second-order valence-electron chi connectivity index (χ2n) is 4.70. The van der Waals surface area contributed by atoms with E-state index in [2.05, 4.69) is 33.2 Å². The van der Waals surface area contributed by atoms with E-state index in [-0.39, 0.29) is 5.82 Å². The molecule has 0 aromatic heterocycles. The highest BCUT2D eigenvalue weighted by Gasteiger charge is 2.33. The van der Waals surface area contributed by atoms with Gasteiger partial charge in [-0.2, -0.15) is 0 Å². The van der Waals surface area contributed by atoms with Crippen LogP contribution in [-0.4, -0.2) is 32.1 Å². The first-order valence-electron chi connectivity index (χ1n) is 5.93. The van der Waals surface area contributed by atoms with Gasteiger partial charge in [0.05, 0.1) is 0 Å². The third-order valence-corrected chi connectivity index (χ3v) is 4.24. The maximum absolute atomic E-state index is 13.4. The fourth-order valence-electron chi connectivity index (χ4n) is 2.73. The fourth-order valence-corrected chi connectivity index (χ4v) is 3.22. The highest BCUT2D eigenvalue weighted by atomic mass is 79.9. The first-order valence-corrected chi connectivity index (χ1v) is 6.72. The van der Waals surface area contributed by atoms with Crippen molar-refractivity contribution in [2.24, 2.45) is 5.92 Å². The summed E-state index contributed by atoms with van der Waals surface area (Å²) in [7, 11) is 4.08. The number of halogens is 2. The number of likely N-dealkylation sites (tertiary alicyclic amines) is 1. The van der Waals surface area contributed by atoms with Gasteiger partial charge in [-0.25, -0.2) is 4.39 Å². The molecule has 1 aliphatic rings. The van der Waals surface area contributed by atoms with Gasteiger partial charge in [-0.3, -0.25) is 4.90 Å². The molecule has 2 nitrogen and oxygen atoms in total. The van der Waals surface area contributed by atoms with Crippen LogP contribution in [0.5, 0.6) is 0 Å². The van der Waals surface area contributed by atoms with Gasteiger partial charge in [0.2, 0.25) is 0 Å². The predicted molar refractivity (Wildman–Crippen MR) is 71.5 cm³/mol. The Bertz CT molecular complexity index is 395. The van der Waals surface area contributed by atoms with E-state index in [9.17, 15) is 4.39 Å². The third kappa shape index (κ3) is 2.69. The van der Waals surface area contributed by atoms with E-state index < -0.39 is 0 Å². The van der Waals surface area contributed by atoms with Crippen LogP contribution < -0.4 is 5.32 Å². The molecule has 0 amide bonds. The molecule has 17 heavy (non-hydrogen) atoms. The molecule has 1 aliphatic heterocycles. The molecule has 0 spiro atoms. The lowest BCUT2D eigenvalue weighted by atomic mass is 9.93. The van der Waals surface area contributed by atoms with Crippen LogP contribution in [0.2, 0.25) is 0 Å². The van der Waals surface area contributed by atoms with Crippen molar-refractivity contribution in [3.63, 3.8) is 0 Å². The largest absolute Gasteiger partial charge is 0.319 e. The molecule has 0 saturated carbocycles. The number of nitrogens with one attached hydrogen (secondary N) is 1. The minimum Gasteiger partial charge on any atom is -0.319 e. The van der Waals surface area contributed by atoms with E-state index >= 15 is 0 Å². The van der Waals surface area contributed by atoms with Gasteiger partial charge in [0.1, 0.15) is 5.82 Å². The minimum atomic E-state index is -0.160. The highest BCUT2D eigenvalue weighted by Crippen LogP contribution is 2.39. The van der Waals surface area contributed by atoms with Crippen LogP contribution in [-0.2, 0) is 0 Å². The van der Waals surface area contributed by atoms with E-state index in [0.717, 1.165) is 29.5 Å². The average molecular weight is 301 g/mol. The quantitative estimate of drug-likeness (QED) is 0.923. The molecular weight excluding hydrogens is 283 g/mol. The Kier molecular flexibility index (Phi) is 4.17. The lowest BCUT2D eigenvalue weighted by Crippen LogP contribution is -2.27. The van der Waals surface area contributed by atoms with Crippen LogP contribution in [0, 0.1) is 11.7 Å². The molecule has 0 radical (unpaired) electrons. The maximum Gasteiger partial charge on any atom is 0.123 e. The van der Waals surface area contributed by atoms with Crippen LogP contribution in [0.25, 0.3) is 0 Å². The van der Waals surface area contributed by atoms with E-state index in [1.165, 1.54) is 6.07 Å². The Labute approximate surface area is 110 Å². The molecule has 94 valence electrons. The third-order valence-electron chi connectivity index (χ3n) is 3.52. The second-order valence-corrected chi connectivity index (χ2v) is 5.55. The molecule has 1 heterocycles. The summed E-state index contributed by atoms with van der Waals surface area (Å²) in [6.45, 7) is 2.04. The Hall–Kier alpha value is -0.450. The van der Waals surface area contributed by atoms with Gasteiger partial charge >= 0.3 is 0 Å². The summed E-state index contributed by atoms with van der Waals surface area (Å²) in [5.74, 6) is 0.384. The fraction of sp³-hybridized carbons (Fsp3) is 0.538. The topological polar surface area (TPSA) is 15.3 Å². The van der Waals surface area contributed by atoms with E-state index in [1.54, 1.807) is 12.1 Å². The molecular formula is C13H18BrFN2. The number of nitrogens with zero attached hydrogens (tertiary/aromatic N) is 1. The van der Waals surface area contributed by atoms with E-state index in [1.807, 2.05) is 7.05 Å². The van der Waals surface area contributed by atoms with E-state index in [0.29, 0.717) is 12.0 Å². The first kappa shape index (κ1) is 13.0. The summed E-state index contributed by atoms with van der Waals surface area (Å²) in [6, 6.07) is 5.25. The van der Waals surface area contributed by atoms with Crippen LogP contribution in [0.3, 0.4) is 0 Å². The lowest BCUT2D eigenvalue weighted by molar-refractivity contribution is 0.273. The van der Waals surface area contributed by atoms with Crippen molar-refractivity contribution in [2.45, 2.75) is 12.5 Å². The summed E-state index contributed by atoms with van der Waals surface area (Å²) < 4.78 is 14.4. The van der Waals surface area contributed by atoms with Crippen molar-refractivity contribution in [1.82, 2.24) is 10.2 Å². The zero-order valence-electron chi connectivity index (χ0n) is 10.2. The molecule has 4 heteroatoms. The van der Waals surface area contributed by atoms with Crippen molar-refractivity contribution in [3.05, 3.63) is 34.1 Å². The Morgan fingerprint density at radius 2 is 2.29 bits per heavy atom. The summed E-state index contributed by atoms with van der Waals surface area (Å²) in [6.07, 6.45) is 1.16. The normalized spacial score (nSPS) is 25.4. The smallest absolute Gasteiger partial charge is 0.123 e. The van der Waals surface area contributed by atoms with Gasteiger partial charge in [0.15, 0.2) is 0 Å². The van der Waals surface area contributed by atoms with Gasteiger partial charge < -0.3 is 5.32 Å². The van der Waals surface area contributed by atoms with Crippen LogP contribution >= 0.6 is 15.9 Å². The zero-order chi connectivity index (χ0) is 12.4. The number of hydrogen-bond acceptors (Lipinski definition) is 2. The first-order chi connectivity index (χ1) is 8.13. The summed E-state index contributed by atoms with van der Waals surface area (Å²) >= 11 is 3.53. The van der Waals surface area contributed by atoms with Crippen LogP contribution in [0.1, 0.15) is 18.0 Å². The summed E-state index contributed by atoms with van der Waals surface area (Å²) in [5, 5.41) is 3.23. The van der Waals surface area contributed by atoms with Crippen LogP contribution in [0.15, 0.2) is 22.7 Å². The van der Waals surface area contributed by atoms with Crippen molar-refractivity contribution >= 4 is 15.9 Å². The summed E-state index contributed by atoms with van der Waals surface area (Å²) in [5.41, 5.74) is 1.06. The maximum atomic E-state index is 13.4. The van der Waals surface area contributed by atoms with Crippen molar-refractivity contribution < 1.29 is 4.39 Å². The van der Waals surface area contributed by atoms with Gasteiger partial charge in [0, 0.05) is 10.5 Å². The van der Waals surface area contributed by atoms with Crippen LogP contribution in [0.4, 0.5) is 4.39 Å². The molecule has 0 aliphatic carbocycles. The zero-order valence-corrected chi connectivity index (χ0v) is 11.8. The number of rotatable bonds is 3.